The first-order valence-electron chi connectivity index (χ1n) is 8.67. The summed E-state index contributed by atoms with van der Waals surface area (Å²) in [5, 5.41) is 0. The summed E-state index contributed by atoms with van der Waals surface area (Å²) in [6.45, 7) is 0. The van der Waals surface area contributed by atoms with Crippen LogP contribution >= 0.6 is 0 Å². The molecule has 0 saturated carbocycles. The van der Waals surface area contributed by atoms with Crippen LogP contribution in [-0.2, 0) is 12.8 Å². The Bertz CT molecular complexity index is 881. The normalized spacial score (nSPS) is 13.9. The van der Waals surface area contributed by atoms with Crippen LogP contribution in [0, 0.1) is 0 Å². The minimum absolute atomic E-state index is 0.235. The molecule has 0 heterocycles. The zero-order valence-corrected chi connectivity index (χ0v) is 16.1. The predicted molar refractivity (Wildman–Crippen MR) is 101 cm³/mol. The molecule has 0 bridgehead atoms. The van der Waals surface area contributed by atoms with Crippen LogP contribution in [0.5, 0.6) is 11.5 Å². The highest BCUT2D eigenvalue weighted by Gasteiger charge is 2.23. The van der Waals surface area contributed by atoms with Gasteiger partial charge in [0.15, 0.2) is 23.3 Å². The molecule has 0 aliphatic carbocycles. The molecular formula is C22H18F6O2. The van der Waals surface area contributed by atoms with Gasteiger partial charge in [-0.1, -0.05) is 24.3 Å². The van der Waals surface area contributed by atoms with Crippen molar-refractivity contribution in [3.05, 3.63) is 94.6 Å². The number of benzene rings is 2. The molecule has 30 heavy (non-hydrogen) atoms. The highest BCUT2D eigenvalue weighted by Crippen LogP contribution is 2.32. The van der Waals surface area contributed by atoms with Crippen molar-refractivity contribution in [2.45, 2.75) is 12.8 Å². The van der Waals surface area contributed by atoms with Gasteiger partial charge in [-0.05, 0) is 35.4 Å². The standard InChI is InChI=1S/C22H18F6O2/c1-29-15-7-3-13(4-8-15)11-17(23)19(25)21(27)22(28)20(26)18(24)12-14-5-9-16(30-2)10-6-14/h3-10H,11-12H2,1-2H3. The van der Waals surface area contributed by atoms with Crippen LogP contribution in [0.4, 0.5) is 26.3 Å². The summed E-state index contributed by atoms with van der Waals surface area (Å²) < 4.78 is 93.2. The minimum Gasteiger partial charge on any atom is -0.497 e. The molecule has 2 aromatic carbocycles. The number of hydrogen-bond acceptors (Lipinski definition) is 2. The molecule has 0 N–H and O–H groups in total. The summed E-state index contributed by atoms with van der Waals surface area (Å²) in [6, 6.07) is 11.4. The predicted octanol–water partition coefficient (Wildman–Crippen LogP) is 6.94. The van der Waals surface area contributed by atoms with Gasteiger partial charge in [-0.2, -0.15) is 0 Å². The molecule has 0 fully saturated rings. The molecule has 0 aromatic heterocycles. The van der Waals surface area contributed by atoms with Crippen molar-refractivity contribution in [1.29, 1.82) is 0 Å². The molecule has 0 aliphatic heterocycles. The van der Waals surface area contributed by atoms with Gasteiger partial charge in [0.05, 0.1) is 14.2 Å². The van der Waals surface area contributed by atoms with Gasteiger partial charge in [0.25, 0.3) is 0 Å². The van der Waals surface area contributed by atoms with Gasteiger partial charge in [0, 0.05) is 12.8 Å². The average molecular weight is 428 g/mol. The molecule has 0 saturated heterocycles. The van der Waals surface area contributed by atoms with E-state index in [2.05, 4.69) is 0 Å². The Morgan fingerprint density at radius 2 is 0.833 bits per heavy atom. The van der Waals surface area contributed by atoms with Gasteiger partial charge in [0.2, 0.25) is 0 Å². The molecule has 0 amide bonds. The van der Waals surface area contributed by atoms with E-state index in [0.29, 0.717) is 11.5 Å². The summed E-state index contributed by atoms with van der Waals surface area (Å²) in [7, 11) is 2.82. The van der Waals surface area contributed by atoms with Crippen molar-refractivity contribution in [2.24, 2.45) is 0 Å². The number of halogens is 6. The van der Waals surface area contributed by atoms with E-state index < -0.39 is 47.8 Å². The largest absolute Gasteiger partial charge is 0.497 e. The fourth-order valence-corrected chi connectivity index (χ4v) is 2.43. The van der Waals surface area contributed by atoms with Gasteiger partial charge in [0.1, 0.15) is 23.2 Å². The third-order valence-electron chi connectivity index (χ3n) is 4.09. The Kier molecular flexibility index (Phi) is 8.15. The lowest BCUT2D eigenvalue weighted by Crippen LogP contribution is -1.95. The zero-order chi connectivity index (χ0) is 22.3. The molecule has 8 heteroatoms. The number of rotatable bonds is 8. The van der Waals surface area contributed by atoms with E-state index in [1.807, 2.05) is 0 Å². The Labute approximate surface area is 169 Å². The van der Waals surface area contributed by atoms with Crippen LogP contribution in [0.15, 0.2) is 83.5 Å². The summed E-state index contributed by atoms with van der Waals surface area (Å²) in [6.07, 6.45) is -1.42. The second-order valence-electron chi connectivity index (χ2n) is 6.12. The first-order chi connectivity index (χ1) is 14.3. The molecule has 2 rings (SSSR count). The second-order valence-corrected chi connectivity index (χ2v) is 6.12. The fourth-order valence-electron chi connectivity index (χ4n) is 2.43. The fraction of sp³-hybridized carbons (Fsp3) is 0.182. The molecule has 0 aliphatic rings. The lowest BCUT2D eigenvalue weighted by Gasteiger charge is -2.05. The SMILES string of the molecule is COc1ccc(CC(F)=C(F)C(F)=C(F)C(F)=C(F)Cc2ccc(OC)cc2)cc1. The first kappa shape index (κ1) is 23.1. The monoisotopic (exact) mass is 428 g/mol. The number of allylic oxidation sites excluding steroid dienone is 6. The van der Waals surface area contributed by atoms with Crippen LogP contribution < -0.4 is 9.47 Å². The summed E-state index contributed by atoms with van der Waals surface area (Å²) in [4.78, 5) is 0. The molecule has 160 valence electrons. The van der Waals surface area contributed by atoms with Gasteiger partial charge >= 0.3 is 0 Å². The minimum atomic E-state index is -2.46. The number of methoxy groups -OCH3 is 2. The Morgan fingerprint density at radius 1 is 0.533 bits per heavy atom. The molecule has 0 radical (unpaired) electrons. The van der Waals surface area contributed by atoms with Crippen molar-refractivity contribution in [2.75, 3.05) is 14.2 Å². The van der Waals surface area contributed by atoms with Crippen molar-refractivity contribution >= 4 is 0 Å². The van der Waals surface area contributed by atoms with Crippen LogP contribution in [0.2, 0.25) is 0 Å². The van der Waals surface area contributed by atoms with Crippen LogP contribution in [0.25, 0.3) is 0 Å². The lowest BCUT2D eigenvalue weighted by molar-refractivity contribution is 0.414. The maximum Gasteiger partial charge on any atom is 0.200 e. The van der Waals surface area contributed by atoms with E-state index in [9.17, 15) is 26.3 Å². The smallest absolute Gasteiger partial charge is 0.200 e. The topological polar surface area (TPSA) is 18.5 Å². The van der Waals surface area contributed by atoms with Crippen LogP contribution in [0.1, 0.15) is 11.1 Å². The zero-order valence-electron chi connectivity index (χ0n) is 16.1. The molecule has 0 spiro atoms. The van der Waals surface area contributed by atoms with E-state index in [4.69, 9.17) is 9.47 Å². The third-order valence-corrected chi connectivity index (χ3v) is 4.09. The number of ether oxygens (including phenoxy) is 2. The summed E-state index contributed by atoms with van der Waals surface area (Å²) >= 11 is 0. The Morgan fingerprint density at radius 3 is 1.10 bits per heavy atom. The number of hydrogen-bond donors (Lipinski definition) is 0. The first-order valence-corrected chi connectivity index (χ1v) is 8.67. The van der Waals surface area contributed by atoms with Crippen molar-refractivity contribution in [1.82, 2.24) is 0 Å². The second kappa shape index (κ2) is 10.6. The molecule has 2 aromatic rings. The Hall–Kier alpha value is -3.16. The van der Waals surface area contributed by atoms with E-state index in [1.165, 1.54) is 62.8 Å². The maximum absolute atomic E-state index is 13.9. The lowest BCUT2D eigenvalue weighted by atomic mass is 10.1. The van der Waals surface area contributed by atoms with Crippen molar-refractivity contribution in [3.8, 4) is 11.5 Å². The van der Waals surface area contributed by atoms with Gasteiger partial charge < -0.3 is 9.47 Å². The average Bonchev–Trinajstić information content (AvgIpc) is 2.77. The Balaban J connectivity index is 2.21. The highest BCUT2D eigenvalue weighted by atomic mass is 19.2. The summed E-state index contributed by atoms with van der Waals surface area (Å²) in [5.41, 5.74) is 0.469. The van der Waals surface area contributed by atoms with Crippen LogP contribution in [0.3, 0.4) is 0 Å². The van der Waals surface area contributed by atoms with Crippen molar-refractivity contribution in [3.63, 3.8) is 0 Å². The highest BCUT2D eigenvalue weighted by molar-refractivity contribution is 5.37. The van der Waals surface area contributed by atoms with E-state index in [-0.39, 0.29) is 11.1 Å². The van der Waals surface area contributed by atoms with Gasteiger partial charge in [-0.25, -0.2) is 26.3 Å². The summed E-state index contributed by atoms with van der Waals surface area (Å²) in [5.74, 6) is -11.8. The molecule has 0 atom stereocenters. The van der Waals surface area contributed by atoms with Gasteiger partial charge in [-0.15, -0.1) is 0 Å². The molecule has 0 unspecified atom stereocenters. The van der Waals surface area contributed by atoms with E-state index >= 15 is 0 Å². The van der Waals surface area contributed by atoms with E-state index in [0.717, 1.165) is 0 Å². The molecule has 2 nitrogen and oxygen atoms in total. The third kappa shape index (κ3) is 5.92. The quantitative estimate of drug-likeness (QED) is 0.335. The maximum atomic E-state index is 13.9. The van der Waals surface area contributed by atoms with Gasteiger partial charge in [-0.3, -0.25) is 0 Å². The van der Waals surface area contributed by atoms with Crippen molar-refractivity contribution < 1.29 is 35.8 Å². The van der Waals surface area contributed by atoms with E-state index in [1.54, 1.807) is 0 Å². The van der Waals surface area contributed by atoms with Crippen LogP contribution in [-0.4, -0.2) is 14.2 Å². The molecular weight excluding hydrogens is 410 g/mol.